The van der Waals surface area contributed by atoms with Crippen molar-refractivity contribution in [1.82, 2.24) is 4.98 Å². The average molecular weight is 627 g/mol. The van der Waals surface area contributed by atoms with E-state index in [2.05, 4.69) is 4.98 Å². The summed E-state index contributed by atoms with van der Waals surface area (Å²) in [6.07, 6.45) is -9.47. The van der Waals surface area contributed by atoms with E-state index >= 15 is 0 Å². The number of alkyl halides is 6. The van der Waals surface area contributed by atoms with Crippen LogP contribution in [0.1, 0.15) is 53.1 Å². The lowest BCUT2D eigenvalue weighted by Gasteiger charge is -2.30. The summed E-state index contributed by atoms with van der Waals surface area (Å²) in [6.45, 7) is 0. The monoisotopic (exact) mass is 626 g/mol. The molecular weight excluding hydrogens is 605 g/mol. The number of aromatic nitrogens is 1. The highest BCUT2D eigenvalue weighted by Crippen LogP contribution is 2.45. The highest BCUT2D eigenvalue weighted by molar-refractivity contribution is 7.92. The molecule has 3 aromatic rings. The van der Waals surface area contributed by atoms with Crippen LogP contribution in [0.3, 0.4) is 0 Å². The minimum atomic E-state index is -4.88. The maximum Gasteiger partial charge on any atom is 0.417 e. The van der Waals surface area contributed by atoms with Crippen LogP contribution in [0.4, 0.5) is 36.4 Å². The van der Waals surface area contributed by atoms with Gasteiger partial charge in [-0.3, -0.25) is 4.72 Å². The number of carbonyl (C=O) groups is 1. The second-order valence-electron chi connectivity index (χ2n) is 9.33. The quantitative estimate of drug-likeness (QED) is 0.267. The Labute approximate surface area is 233 Å². The summed E-state index contributed by atoms with van der Waals surface area (Å²) in [4.78, 5) is 15.0. The van der Waals surface area contributed by atoms with E-state index in [1.165, 1.54) is 6.07 Å². The smallest absolute Gasteiger partial charge is 0.417 e. The predicted octanol–water partition coefficient (Wildman–Crippen LogP) is 7.31. The Balaban J connectivity index is 1.63. The fourth-order valence-electron chi connectivity index (χ4n) is 4.66. The third-order valence-corrected chi connectivity index (χ3v) is 9.04. The minimum Gasteiger partial charge on any atom is -0.495 e. The van der Waals surface area contributed by atoms with Gasteiger partial charge in [0.15, 0.2) is 5.03 Å². The van der Waals surface area contributed by atoms with Crippen LogP contribution < -0.4 is 9.46 Å². The number of nitrogens with one attached hydrogen (secondary N) is 1. The van der Waals surface area contributed by atoms with Crippen LogP contribution in [0.25, 0.3) is 10.6 Å². The van der Waals surface area contributed by atoms with E-state index in [1.54, 1.807) is 0 Å². The fourth-order valence-corrected chi connectivity index (χ4v) is 6.86. The zero-order valence-electron chi connectivity index (χ0n) is 20.9. The summed E-state index contributed by atoms with van der Waals surface area (Å²) in [5.74, 6) is -5.21. The number of carboxylic acid groups (broad SMARTS) is 1. The Kier molecular flexibility index (Phi) is 8.28. The summed E-state index contributed by atoms with van der Waals surface area (Å²) in [5.41, 5.74) is -2.56. The van der Waals surface area contributed by atoms with Crippen LogP contribution in [0.2, 0.25) is 0 Å². The summed E-state index contributed by atoms with van der Waals surface area (Å²) < 4.78 is 128. The Bertz CT molecular complexity index is 1560. The number of nitrogens with zero attached hydrogens (tertiary/aromatic N) is 1. The van der Waals surface area contributed by atoms with Gasteiger partial charge in [0.1, 0.15) is 16.6 Å². The number of anilines is 1. The summed E-state index contributed by atoms with van der Waals surface area (Å²) in [7, 11) is -3.51. The van der Waals surface area contributed by atoms with Crippen molar-refractivity contribution >= 4 is 33.0 Å². The van der Waals surface area contributed by atoms with Gasteiger partial charge in [0, 0.05) is 17.0 Å². The van der Waals surface area contributed by atoms with E-state index in [-0.39, 0.29) is 42.0 Å². The first-order valence-corrected chi connectivity index (χ1v) is 14.2. The molecule has 0 amide bonds. The highest BCUT2D eigenvalue weighted by atomic mass is 32.2. The largest absolute Gasteiger partial charge is 0.495 e. The van der Waals surface area contributed by atoms with E-state index in [1.807, 2.05) is 4.72 Å². The van der Waals surface area contributed by atoms with Gasteiger partial charge in [0.25, 0.3) is 10.0 Å². The Hall–Kier alpha value is -3.40. The number of aromatic carboxylic acids is 1. The predicted molar refractivity (Wildman–Crippen MR) is 134 cm³/mol. The molecule has 0 radical (unpaired) electrons. The number of methoxy groups -OCH3 is 1. The van der Waals surface area contributed by atoms with Crippen LogP contribution >= 0.6 is 11.3 Å². The van der Waals surface area contributed by atoms with Crippen LogP contribution in [-0.4, -0.2) is 37.8 Å². The minimum absolute atomic E-state index is 0.0731. The topological polar surface area (TPSA) is 106 Å². The number of thiazole rings is 1. The normalized spacial score (nSPS) is 18.2. The lowest BCUT2D eigenvalue weighted by molar-refractivity contribution is -0.182. The van der Waals surface area contributed by atoms with Gasteiger partial charge < -0.3 is 9.84 Å². The molecule has 2 aromatic carbocycles. The van der Waals surface area contributed by atoms with Gasteiger partial charge in [-0.2, -0.15) is 34.8 Å². The van der Waals surface area contributed by atoms with E-state index in [9.17, 15) is 43.9 Å². The van der Waals surface area contributed by atoms with Crippen LogP contribution in [-0.2, 0) is 16.2 Å². The molecule has 0 spiro atoms. The molecule has 0 aliphatic heterocycles. The van der Waals surface area contributed by atoms with Gasteiger partial charge in [0.05, 0.1) is 29.8 Å². The van der Waals surface area contributed by atoms with Crippen molar-refractivity contribution in [3.63, 3.8) is 0 Å². The molecule has 1 aromatic heterocycles. The molecule has 0 unspecified atom stereocenters. The molecule has 0 atom stereocenters. The fraction of sp³-hybridized carbons (Fsp3) is 0.360. The van der Waals surface area contributed by atoms with Crippen LogP contribution in [0, 0.1) is 11.7 Å². The number of halogens is 7. The van der Waals surface area contributed by atoms with Gasteiger partial charge in [-0.15, -0.1) is 11.3 Å². The third kappa shape index (κ3) is 6.58. The van der Waals surface area contributed by atoms with Crippen molar-refractivity contribution in [2.75, 3.05) is 11.8 Å². The van der Waals surface area contributed by atoms with Crippen LogP contribution in [0.5, 0.6) is 5.75 Å². The van der Waals surface area contributed by atoms with Crippen molar-refractivity contribution in [3.8, 4) is 16.3 Å². The maximum absolute atomic E-state index is 14.2. The van der Waals surface area contributed by atoms with E-state index in [0.29, 0.717) is 17.4 Å². The van der Waals surface area contributed by atoms with E-state index in [4.69, 9.17) is 9.84 Å². The summed E-state index contributed by atoms with van der Waals surface area (Å²) in [5, 5.41) is 9.02. The SMILES string of the molecule is COc1cc(C(=O)O)c(F)cc1NS(=O)(=O)c1csc(-c2ccc([C@H]3CC[C@H](C(F)(F)F)CC3)cc2C(F)(F)F)n1. The standard InChI is InChI=1S/C25H21F7N2O5S2/c1-39-20-9-16(23(35)36)18(26)10-19(20)34-41(37,38)21-11-40-22(33-21)15-7-4-13(8-17(15)25(30,31)32)12-2-5-14(6-3-12)24(27,28)29/h4,7-12,14,34H,2-3,5-6H2,1H3,(H,35,36)/t12-,14-. The number of sulfonamides is 1. The summed E-state index contributed by atoms with van der Waals surface area (Å²) >= 11 is 0.596. The van der Waals surface area contributed by atoms with Gasteiger partial charge >= 0.3 is 18.3 Å². The number of hydrogen-bond donors (Lipinski definition) is 2. The zero-order chi connectivity index (χ0) is 30.3. The van der Waals surface area contributed by atoms with Gasteiger partial charge in [-0.05, 0) is 49.3 Å². The Morgan fingerprint density at radius 2 is 1.73 bits per heavy atom. The molecule has 1 aliphatic carbocycles. The lowest BCUT2D eigenvalue weighted by atomic mass is 9.78. The van der Waals surface area contributed by atoms with Crippen LogP contribution in [0.15, 0.2) is 40.7 Å². The molecule has 7 nitrogen and oxygen atoms in total. The van der Waals surface area contributed by atoms with E-state index < -0.39 is 73.4 Å². The van der Waals surface area contributed by atoms with Gasteiger partial charge in [-0.25, -0.2) is 14.2 Å². The van der Waals surface area contributed by atoms with Gasteiger partial charge in [-0.1, -0.05) is 12.1 Å². The number of rotatable bonds is 7. The molecule has 1 heterocycles. The number of benzene rings is 2. The first-order chi connectivity index (χ1) is 19.0. The lowest BCUT2D eigenvalue weighted by Crippen LogP contribution is -2.27. The van der Waals surface area contributed by atoms with Crippen molar-refractivity contribution < 1.29 is 53.8 Å². The average Bonchev–Trinajstić information content (AvgIpc) is 3.39. The molecule has 0 bridgehead atoms. The van der Waals surface area contributed by atoms with Crippen molar-refractivity contribution in [2.45, 2.75) is 49.0 Å². The van der Waals surface area contributed by atoms with Crippen molar-refractivity contribution in [1.29, 1.82) is 0 Å². The van der Waals surface area contributed by atoms with Crippen molar-refractivity contribution in [2.24, 2.45) is 5.92 Å². The molecule has 16 heteroatoms. The third-order valence-electron chi connectivity index (χ3n) is 6.76. The molecule has 4 rings (SSSR count). The zero-order valence-corrected chi connectivity index (χ0v) is 22.6. The first-order valence-electron chi connectivity index (χ1n) is 11.9. The second kappa shape index (κ2) is 11.1. The molecule has 1 fully saturated rings. The Morgan fingerprint density at radius 3 is 2.29 bits per heavy atom. The Morgan fingerprint density at radius 1 is 1.07 bits per heavy atom. The van der Waals surface area contributed by atoms with Crippen molar-refractivity contribution in [3.05, 3.63) is 58.2 Å². The maximum atomic E-state index is 14.2. The highest BCUT2D eigenvalue weighted by Gasteiger charge is 2.42. The molecule has 1 saturated carbocycles. The number of carboxylic acids is 1. The first kappa shape index (κ1) is 30.6. The van der Waals surface area contributed by atoms with E-state index in [0.717, 1.165) is 30.7 Å². The molecule has 41 heavy (non-hydrogen) atoms. The molecule has 222 valence electrons. The molecule has 1 aliphatic rings. The summed E-state index contributed by atoms with van der Waals surface area (Å²) in [6, 6.07) is 4.68. The number of hydrogen-bond acceptors (Lipinski definition) is 6. The molecular formula is C25H21F7N2O5S2. The van der Waals surface area contributed by atoms with Gasteiger partial charge in [0.2, 0.25) is 0 Å². The molecule has 2 N–H and O–H groups in total. The second-order valence-corrected chi connectivity index (χ2v) is 11.8. The number of ether oxygens (including phenoxy) is 1. The molecule has 0 saturated heterocycles.